The molecule has 86 heavy (non-hydrogen) atoms. The first-order chi connectivity index (χ1) is 40.5. The van der Waals surface area contributed by atoms with E-state index in [4.69, 9.17) is 56.8 Å². The summed E-state index contributed by atoms with van der Waals surface area (Å²) in [5.41, 5.74) is 0. The van der Waals surface area contributed by atoms with Gasteiger partial charge in [0.05, 0.1) is 58.4 Å². The number of rotatable bonds is 25. The first kappa shape index (κ1) is 72.2. The van der Waals surface area contributed by atoms with Crippen LogP contribution in [0.5, 0.6) is 0 Å². The minimum Gasteiger partial charge on any atom is -0.394 e. The zero-order chi connectivity index (χ0) is 63.9. The van der Waals surface area contributed by atoms with Crippen LogP contribution in [0.15, 0.2) is 0 Å². The third-order valence-corrected chi connectivity index (χ3v) is 15.3. The topological polar surface area (TPSA) is 603 Å². The van der Waals surface area contributed by atoms with E-state index in [9.17, 15) is 117 Å². The molecule has 0 bridgehead atoms. The predicted octanol–water partition coefficient (Wildman–Crippen LogP) is -15.2. The fourth-order valence-corrected chi connectivity index (χ4v) is 10.5. The summed E-state index contributed by atoms with van der Waals surface area (Å²) in [6.45, 7) is -2.80. The number of aliphatic hydroxyl groups excluding tert-OH is 20. The van der Waals surface area contributed by atoms with Gasteiger partial charge in [-0.15, -0.1) is 0 Å². The molecular weight excluding hydrogens is 1180 g/mol. The molecule has 6 aliphatic rings. The van der Waals surface area contributed by atoms with Gasteiger partial charge >= 0.3 is 0 Å². The van der Waals surface area contributed by atoms with Crippen molar-refractivity contribution in [2.45, 2.75) is 236 Å². The molecular formula is C48H83N3O35. The summed E-state index contributed by atoms with van der Waals surface area (Å²) in [7, 11) is 0. The molecule has 0 aliphatic carbocycles. The summed E-state index contributed by atoms with van der Waals surface area (Å²) in [6, 6.07) is -5.30. The maximum Gasteiger partial charge on any atom is 0.217 e. The Balaban J connectivity index is 1.33. The molecule has 0 saturated carbocycles. The molecule has 0 aromatic rings. The van der Waals surface area contributed by atoms with Crippen LogP contribution in [0.25, 0.3) is 0 Å². The van der Waals surface area contributed by atoms with Gasteiger partial charge in [-0.25, -0.2) is 0 Å². The average Bonchev–Trinajstić information content (AvgIpc) is 1.46. The van der Waals surface area contributed by atoms with E-state index in [2.05, 4.69) is 16.0 Å². The van der Waals surface area contributed by atoms with Crippen LogP contribution in [0.3, 0.4) is 0 Å². The minimum absolute atomic E-state index is 0.807. The first-order valence-electron chi connectivity index (χ1n) is 27.4. The van der Waals surface area contributed by atoms with Crippen molar-refractivity contribution in [1.82, 2.24) is 16.0 Å². The van der Waals surface area contributed by atoms with Crippen LogP contribution < -0.4 is 16.0 Å². The number of carbonyl (C=O) groups is 3. The zero-order valence-electron chi connectivity index (χ0n) is 46.6. The summed E-state index contributed by atoms with van der Waals surface area (Å²) in [5.74, 6) is -2.56. The molecule has 0 unspecified atom stereocenters. The van der Waals surface area contributed by atoms with Crippen LogP contribution in [-0.2, 0) is 71.2 Å². The third kappa shape index (κ3) is 16.6. The van der Waals surface area contributed by atoms with Crippen LogP contribution in [0.4, 0.5) is 0 Å². The van der Waals surface area contributed by atoms with E-state index in [-0.39, 0.29) is 0 Å². The Kier molecular flexibility index (Phi) is 26.8. The molecule has 3 amide bonds. The predicted molar refractivity (Wildman–Crippen MR) is 267 cm³/mol. The molecule has 6 heterocycles. The van der Waals surface area contributed by atoms with Gasteiger partial charge in [0.25, 0.3) is 0 Å². The maximum atomic E-state index is 12.9. The second-order valence-electron chi connectivity index (χ2n) is 21.6. The molecule has 0 spiro atoms. The smallest absolute Gasteiger partial charge is 0.217 e. The molecule has 6 saturated heterocycles. The molecule has 6 fully saturated rings. The lowest BCUT2D eigenvalue weighted by molar-refractivity contribution is -0.393. The van der Waals surface area contributed by atoms with Gasteiger partial charge in [-0.3, -0.25) is 14.4 Å². The highest BCUT2D eigenvalue weighted by Crippen LogP contribution is 2.37. The van der Waals surface area contributed by atoms with Gasteiger partial charge in [-0.05, 0) is 6.92 Å². The SMILES string of the molecule is CC(=O)N[C@H]1[C@H](O[C@@H]([C@H](O)[C@H](CO)NC(C)=O)[C@H](O)CO[C@@H]2O[C@@H](C)[C@@H](O)[C@@H](O)[C@@H]2O)O[C@H](CO)[C@@H](O[C@@H]2O[C@H](CO[C@H]3O[C@H](CO)[C@@H](O)[C@H](O)[C@@H]3O)[C@@H](O)[C@H](O[C@H]3O[C@H](CO)[C@@H](O)[C@H](O)[C@@H]3O[C@@H]3O[C@H](CO)[C@@H](O)[C@H](O)[C@H]3NC(C)=O)[C@@H]2O)[C@@H]1O. The van der Waals surface area contributed by atoms with Crippen molar-refractivity contribution in [2.24, 2.45) is 0 Å². The third-order valence-electron chi connectivity index (χ3n) is 15.3. The summed E-state index contributed by atoms with van der Waals surface area (Å²) in [6.07, 6.45) is -61.1. The highest BCUT2D eigenvalue weighted by Gasteiger charge is 2.58. The summed E-state index contributed by atoms with van der Waals surface area (Å²) in [4.78, 5) is 37.3. The lowest BCUT2D eigenvalue weighted by Gasteiger charge is -2.50. The Morgan fingerprint density at radius 2 is 0.895 bits per heavy atom. The monoisotopic (exact) mass is 1260 g/mol. The highest BCUT2D eigenvalue weighted by molar-refractivity contribution is 5.74. The van der Waals surface area contributed by atoms with Crippen molar-refractivity contribution >= 4 is 17.7 Å². The Morgan fingerprint density at radius 1 is 0.430 bits per heavy atom. The molecule has 0 radical (unpaired) electrons. The van der Waals surface area contributed by atoms with E-state index < -0.39 is 272 Å². The molecule has 6 aliphatic heterocycles. The highest BCUT2D eigenvalue weighted by atomic mass is 16.8. The van der Waals surface area contributed by atoms with Crippen LogP contribution in [0, 0.1) is 0 Å². The summed E-state index contributed by atoms with van der Waals surface area (Å²) < 4.78 is 69.5. The van der Waals surface area contributed by atoms with Crippen LogP contribution >= 0.6 is 0 Å². The van der Waals surface area contributed by atoms with E-state index in [1.54, 1.807) is 0 Å². The number of ether oxygens (including phenoxy) is 12. The Bertz CT molecular complexity index is 2120. The second-order valence-corrected chi connectivity index (χ2v) is 21.6. The molecule has 38 heteroatoms. The van der Waals surface area contributed by atoms with Gasteiger partial charge < -0.3 is 175 Å². The van der Waals surface area contributed by atoms with Crippen molar-refractivity contribution < 1.29 is 173 Å². The quantitative estimate of drug-likeness (QED) is 0.0404. The molecule has 0 aromatic heterocycles. The molecule has 38 nitrogen and oxygen atoms in total. The first-order valence-corrected chi connectivity index (χ1v) is 27.4. The Labute approximate surface area is 488 Å². The number of hydrogen-bond donors (Lipinski definition) is 23. The zero-order valence-corrected chi connectivity index (χ0v) is 46.6. The van der Waals surface area contributed by atoms with E-state index in [1.165, 1.54) is 6.92 Å². The van der Waals surface area contributed by atoms with Crippen LogP contribution in [0.1, 0.15) is 27.7 Å². The van der Waals surface area contributed by atoms with Crippen molar-refractivity contribution in [3.05, 3.63) is 0 Å². The summed E-state index contributed by atoms with van der Waals surface area (Å²) in [5, 5.41) is 224. The van der Waals surface area contributed by atoms with Gasteiger partial charge in [0.15, 0.2) is 37.7 Å². The molecule has 34 atom stereocenters. The van der Waals surface area contributed by atoms with Crippen molar-refractivity contribution in [3.8, 4) is 0 Å². The van der Waals surface area contributed by atoms with Gasteiger partial charge in [0, 0.05) is 20.8 Å². The number of carbonyl (C=O) groups excluding carboxylic acids is 3. The van der Waals surface area contributed by atoms with Crippen molar-refractivity contribution in [2.75, 3.05) is 46.2 Å². The summed E-state index contributed by atoms with van der Waals surface area (Å²) >= 11 is 0. The van der Waals surface area contributed by atoms with E-state index in [1.807, 2.05) is 0 Å². The molecule has 23 N–H and O–H groups in total. The lowest BCUT2D eigenvalue weighted by atomic mass is 9.94. The van der Waals surface area contributed by atoms with Gasteiger partial charge in [-0.1, -0.05) is 0 Å². The Morgan fingerprint density at radius 3 is 1.44 bits per heavy atom. The largest absolute Gasteiger partial charge is 0.394 e. The van der Waals surface area contributed by atoms with Crippen LogP contribution in [-0.4, -0.2) is 375 Å². The second kappa shape index (κ2) is 31.9. The number of amides is 3. The standard InChI is InChI=1S/C48H83N3O35/c1-12-25(61)33(69)36(72)45(77-12)75-10-17(60)39(26(62)16(5-52)49-13(2)57)83-44-24(51-15(4)59)32(68)40(21(9-56)81-44)84-47-38(74)41(30(66)22(82-47)11-76-46-37(73)34(70)28(64)19(7-54)79-46)85-48-42(35(71)29(65)20(8-55)80-48)86-43-23(50-14(3)58)31(67)27(63)18(6-53)78-43/h12,16-48,52-56,60-74H,5-11H2,1-4H3,(H,49,57)(H,50,58)(H,51,59)/t12-,16-,17+,18+,19+,20+,21+,22+,23+,24+,25+,26+,27+,28+,29+,30+,31+,32+,33+,34-,35-,36-,37-,38-,39+,40+,41-,42-,43-,44-,45+,46-,47-,48+/m0/s1. The van der Waals surface area contributed by atoms with Crippen LogP contribution in [0.2, 0.25) is 0 Å². The fraction of sp³-hybridized carbons (Fsp3) is 0.938. The maximum absolute atomic E-state index is 12.9. The van der Waals surface area contributed by atoms with Gasteiger partial charge in [0.1, 0.15) is 159 Å². The van der Waals surface area contributed by atoms with Crippen molar-refractivity contribution in [3.63, 3.8) is 0 Å². The Hall–Kier alpha value is -2.87. The van der Waals surface area contributed by atoms with Crippen molar-refractivity contribution in [1.29, 1.82) is 0 Å². The van der Waals surface area contributed by atoms with Gasteiger partial charge in [-0.2, -0.15) is 0 Å². The van der Waals surface area contributed by atoms with E-state index >= 15 is 0 Å². The number of nitrogens with one attached hydrogen (secondary N) is 3. The molecule has 0 aromatic carbocycles. The fourth-order valence-electron chi connectivity index (χ4n) is 10.5. The average molecular weight is 1260 g/mol. The minimum atomic E-state index is -2.42. The van der Waals surface area contributed by atoms with E-state index in [0.717, 1.165) is 20.8 Å². The van der Waals surface area contributed by atoms with Gasteiger partial charge in [0.2, 0.25) is 17.7 Å². The lowest BCUT2D eigenvalue weighted by Crippen LogP contribution is -2.70. The molecule has 500 valence electrons. The van der Waals surface area contributed by atoms with E-state index in [0.29, 0.717) is 0 Å². The number of hydrogen-bond acceptors (Lipinski definition) is 35. The number of aliphatic hydroxyl groups is 20. The normalized spacial score (nSPS) is 45.5. The molecule has 6 rings (SSSR count).